The molecule has 126 valence electrons. The predicted octanol–water partition coefficient (Wildman–Crippen LogP) is 2.51. The maximum Gasteiger partial charge on any atom is 0.326 e. The van der Waals surface area contributed by atoms with Crippen molar-refractivity contribution in [2.24, 2.45) is 5.92 Å². The van der Waals surface area contributed by atoms with Gasteiger partial charge in [0.2, 0.25) is 0 Å². The summed E-state index contributed by atoms with van der Waals surface area (Å²) in [6, 6.07) is 3.03. The van der Waals surface area contributed by atoms with Gasteiger partial charge in [0.05, 0.1) is 5.56 Å². The van der Waals surface area contributed by atoms with Crippen molar-refractivity contribution in [2.45, 2.75) is 26.3 Å². The van der Waals surface area contributed by atoms with E-state index in [1.165, 1.54) is 30.9 Å². The normalized spacial score (nSPS) is 12.0. The molecule has 2 aromatic rings. The molecule has 2 N–H and O–H groups in total. The number of hydrogen-bond acceptors (Lipinski definition) is 4. The third kappa shape index (κ3) is 4.34. The van der Waals surface area contributed by atoms with Crippen molar-refractivity contribution in [3.63, 3.8) is 0 Å². The minimum atomic E-state index is -1.14. The van der Waals surface area contributed by atoms with Gasteiger partial charge in [-0.15, -0.1) is 0 Å². The van der Waals surface area contributed by atoms with Gasteiger partial charge in [0.15, 0.2) is 0 Å². The Morgan fingerprint density at radius 1 is 1.21 bits per heavy atom. The van der Waals surface area contributed by atoms with E-state index in [1.54, 1.807) is 6.07 Å². The molecule has 0 saturated heterocycles. The van der Waals surface area contributed by atoms with E-state index in [2.05, 4.69) is 15.3 Å². The first-order valence-electron chi connectivity index (χ1n) is 7.47. The first kappa shape index (κ1) is 17.5. The molecule has 1 atom stereocenters. The number of aromatic nitrogens is 2. The summed E-state index contributed by atoms with van der Waals surface area (Å²) < 4.78 is 14.3. The van der Waals surface area contributed by atoms with Crippen LogP contribution in [0, 0.1) is 11.7 Å². The second-order valence-corrected chi connectivity index (χ2v) is 5.82. The summed E-state index contributed by atoms with van der Waals surface area (Å²) in [5.74, 6) is -2.55. The quantitative estimate of drug-likeness (QED) is 0.848. The van der Waals surface area contributed by atoms with Crippen molar-refractivity contribution in [1.82, 2.24) is 15.3 Å². The first-order chi connectivity index (χ1) is 11.4. The SMILES string of the molecule is CC(C)C[C@H](NC(=O)c1ccc(-c2cncnc2)cc1F)C(=O)O. The predicted molar refractivity (Wildman–Crippen MR) is 85.8 cm³/mol. The van der Waals surface area contributed by atoms with Gasteiger partial charge in [0.1, 0.15) is 18.2 Å². The minimum absolute atomic E-state index is 0.0803. The van der Waals surface area contributed by atoms with Crippen LogP contribution in [0.15, 0.2) is 36.9 Å². The number of hydrogen-bond donors (Lipinski definition) is 2. The van der Waals surface area contributed by atoms with Crippen LogP contribution in [0.4, 0.5) is 4.39 Å². The van der Waals surface area contributed by atoms with Gasteiger partial charge < -0.3 is 10.4 Å². The maximum absolute atomic E-state index is 14.3. The van der Waals surface area contributed by atoms with Gasteiger partial charge in [0.25, 0.3) is 5.91 Å². The summed E-state index contributed by atoms with van der Waals surface area (Å²) in [5, 5.41) is 11.5. The maximum atomic E-state index is 14.3. The van der Waals surface area contributed by atoms with Crippen LogP contribution >= 0.6 is 0 Å². The van der Waals surface area contributed by atoms with Crippen LogP contribution < -0.4 is 5.32 Å². The van der Waals surface area contributed by atoms with Gasteiger partial charge in [-0.25, -0.2) is 19.2 Å². The van der Waals surface area contributed by atoms with E-state index in [1.807, 2.05) is 13.8 Å². The molecule has 0 spiro atoms. The topological polar surface area (TPSA) is 92.2 Å². The fourth-order valence-corrected chi connectivity index (χ4v) is 2.26. The van der Waals surface area contributed by atoms with E-state index < -0.39 is 23.7 Å². The van der Waals surface area contributed by atoms with Crippen molar-refractivity contribution >= 4 is 11.9 Å². The number of carboxylic acids is 1. The molecule has 0 radical (unpaired) electrons. The zero-order valence-electron chi connectivity index (χ0n) is 13.4. The van der Waals surface area contributed by atoms with Crippen LogP contribution in [0.1, 0.15) is 30.6 Å². The van der Waals surface area contributed by atoms with E-state index in [-0.39, 0.29) is 17.9 Å². The Bertz CT molecular complexity index is 735. The highest BCUT2D eigenvalue weighted by atomic mass is 19.1. The standard InChI is InChI=1S/C17H18FN3O3/c1-10(2)5-15(17(23)24)21-16(22)13-4-3-11(6-14(13)18)12-7-19-9-20-8-12/h3-4,6-10,15H,5H2,1-2H3,(H,21,22)(H,23,24)/t15-/m0/s1. The van der Waals surface area contributed by atoms with Gasteiger partial charge >= 0.3 is 5.97 Å². The highest BCUT2D eigenvalue weighted by Crippen LogP contribution is 2.20. The van der Waals surface area contributed by atoms with Crippen molar-refractivity contribution in [1.29, 1.82) is 0 Å². The lowest BCUT2D eigenvalue weighted by atomic mass is 10.0. The van der Waals surface area contributed by atoms with Crippen LogP contribution in [-0.2, 0) is 4.79 Å². The van der Waals surface area contributed by atoms with Gasteiger partial charge in [-0.1, -0.05) is 19.9 Å². The molecule has 1 aromatic heterocycles. The average molecular weight is 331 g/mol. The number of benzene rings is 1. The molecular formula is C17H18FN3O3. The van der Waals surface area contributed by atoms with Gasteiger partial charge in [-0.2, -0.15) is 0 Å². The molecule has 1 heterocycles. The van der Waals surface area contributed by atoms with Gasteiger partial charge in [-0.3, -0.25) is 4.79 Å². The van der Waals surface area contributed by atoms with Gasteiger partial charge in [-0.05, 0) is 30.0 Å². The summed E-state index contributed by atoms with van der Waals surface area (Å²) >= 11 is 0. The van der Waals surface area contributed by atoms with E-state index in [4.69, 9.17) is 5.11 Å². The molecule has 6 nitrogen and oxygen atoms in total. The molecule has 1 amide bonds. The van der Waals surface area contributed by atoms with E-state index >= 15 is 0 Å². The van der Waals surface area contributed by atoms with Crippen molar-refractivity contribution < 1.29 is 19.1 Å². The number of carbonyl (C=O) groups is 2. The van der Waals surface area contributed by atoms with Crippen LogP contribution in [0.2, 0.25) is 0 Å². The Morgan fingerprint density at radius 2 is 1.88 bits per heavy atom. The molecule has 0 unspecified atom stereocenters. The Morgan fingerprint density at radius 3 is 2.42 bits per heavy atom. The number of amides is 1. The Labute approximate surface area is 138 Å². The number of nitrogens with one attached hydrogen (secondary N) is 1. The first-order valence-corrected chi connectivity index (χ1v) is 7.47. The fraction of sp³-hybridized carbons (Fsp3) is 0.294. The molecule has 0 fully saturated rings. The number of carboxylic acid groups (broad SMARTS) is 1. The Hall–Kier alpha value is -2.83. The summed E-state index contributed by atoms with van der Waals surface area (Å²) in [6.45, 7) is 3.69. The van der Waals surface area contributed by atoms with Crippen LogP contribution in [0.25, 0.3) is 11.1 Å². The molecule has 0 aliphatic carbocycles. The second kappa shape index (κ2) is 7.63. The summed E-state index contributed by atoms with van der Waals surface area (Å²) in [6.07, 6.45) is 4.69. The molecule has 1 aromatic carbocycles. The fourth-order valence-electron chi connectivity index (χ4n) is 2.26. The molecule has 2 rings (SSSR count). The minimum Gasteiger partial charge on any atom is -0.480 e. The number of halogens is 1. The molecule has 0 saturated carbocycles. The monoisotopic (exact) mass is 331 g/mol. The zero-order valence-corrected chi connectivity index (χ0v) is 13.4. The summed E-state index contributed by atoms with van der Waals surface area (Å²) in [7, 11) is 0. The smallest absolute Gasteiger partial charge is 0.326 e. The number of carbonyl (C=O) groups excluding carboxylic acids is 1. The molecule has 0 aliphatic heterocycles. The average Bonchev–Trinajstić information content (AvgIpc) is 2.54. The number of rotatable bonds is 6. The Balaban J connectivity index is 2.19. The lowest BCUT2D eigenvalue weighted by Gasteiger charge is -2.16. The lowest BCUT2D eigenvalue weighted by molar-refractivity contribution is -0.139. The van der Waals surface area contributed by atoms with Crippen LogP contribution in [0.5, 0.6) is 0 Å². The van der Waals surface area contributed by atoms with Gasteiger partial charge in [0, 0.05) is 18.0 Å². The number of aliphatic carboxylic acids is 1. The van der Waals surface area contributed by atoms with E-state index in [0.29, 0.717) is 11.1 Å². The molecular weight excluding hydrogens is 313 g/mol. The third-order valence-electron chi connectivity index (χ3n) is 3.42. The highest BCUT2D eigenvalue weighted by molar-refractivity contribution is 5.97. The molecule has 0 bridgehead atoms. The largest absolute Gasteiger partial charge is 0.480 e. The van der Waals surface area contributed by atoms with E-state index in [9.17, 15) is 14.0 Å². The van der Waals surface area contributed by atoms with Crippen molar-refractivity contribution in [3.8, 4) is 11.1 Å². The van der Waals surface area contributed by atoms with Crippen LogP contribution in [-0.4, -0.2) is 33.0 Å². The third-order valence-corrected chi connectivity index (χ3v) is 3.42. The van der Waals surface area contributed by atoms with Crippen LogP contribution in [0.3, 0.4) is 0 Å². The molecule has 7 heteroatoms. The summed E-state index contributed by atoms with van der Waals surface area (Å²) in [5.41, 5.74) is 0.943. The Kier molecular flexibility index (Phi) is 5.57. The highest BCUT2D eigenvalue weighted by Gasteiger charge is 2.23. The molecule has 24 heavy (non-hydrogen) atoms. The second-order valence-electron chi connectivity index (χ2n) is 5.82. The van der Waals surface area contributed by atoms with Crippen molar-refractivity contribution in [2.75, 3.05) is 0 Å². The van der Waals surface area contributed by atoms with Crippen molar-refractivity contribution in [3.05, 3.63) is 48.3 Å². The summed E-state index contributed by atoms with van der Waals surface area (Å²) in [4.78, 5) is 31.1. The lowest BCUT2D eigenvalue weighted by Crippen LogP contribution is -2.41. The number of nitrogens with zero attached hydrogens (tertiary/aromatic N) is 2. The zero-order chi connectivity index (χ0) is 17.7. The van der Waals surface area contributed by atoms with E-state index in [0.717, 1.165) is 0 Å². The molecule has 0 aliphatic rings.